The second-order valence-corrected chi connectivity index (χ2v) is 5.04. The quantitative estimate of drug-likeness (QED) is 0.875. The Balaban J connectivity index is 2.01. The van der Waals surface area contributed by atoms with Crippen LogP contribution in [-0.2, 0) is 6.54 Å². The van der Waals surface area contributed by atoms with Gasteiger partial charge in [-0.3, -0.25) is 14.6 Å². The van der Waals surface area contributed by atoms with Crippen LogP contribution in [0.1, 0.15) is 26.4 Å². The van der Waals surface area contributed by atoms with E-state index in [1.807, 2.05) is 12.1 Å². The zero-order chi connectivity index (χ0) is 16.1. The highest BCUT2D eigenvalue weighted by atomic mass is 16.2. The molecule has 0 fully saturated rings. The predicted octanol–water partition coefficient (Wildman–Crippen LogP) is 1.49. The molecular formula is C16H18N4O2. The van der Waals surface area contributed by atoms with Gasteiger partial charge in [0.1, 0.15) is 5.69 Å². The molecule has 6 heteroatoms. The molecule has 2 rings (SSSR count). The van der Waals surface area contributed by atoms with E-state index >= 15 is 0 Å². The average Bonchev–Trinajstić information content (AvgIpc) is 2.53. The van der Waals surface area contributed by atoms with Crippen molar-refractivity contribution in [3.63, 3.8) is 0 Å². The van der Waals surface area contributed by atoms with E-state index in [2.05, 4.69) is 10.3 Å². The maximum Gasteiger partial charge on any atom is 0.267 e. The van der Waals surface area contributed by atoms with E-state index in [1.165, 1.54) is 11.1 Å². The Bertz CT molecular complexity index is 681. The molecule has 3 N–H and O–H groups in total. The fourth-order valence-corrected chi connectivity index (χ4v) is 1.90. The fourth-order valence-electron chi connectivity index (χ4n) is 1.90. The SMILES string of the molecule is CN(C)C(=O)c1ccc(CNc2ccnc(C(N)=O)c2)cc1. The van der Waals surface area contributed by atoms with Crippen molar-refractivity contribution in [3.8, 4) is 0 Å². The van der Waals surface area contributed by atoms with Crippen molar-refractivity contribution in [1.82, 2.24) is 9.88 Å². The summed E-state index contributed by atoms with van der Waals surface area (Å²) in [5, 5.41) is 3.18. The molecule has 0 saturated carbocycles. The highest BCUT2D eigenvalue weighted by Gasteiger charge is 2.07. The summed E-state index contributed by atoms with van der Waals surface area (Å²) in [5.74, 6) is -0.588. The number of aromatic nitrogens is 1. The van der Waals surface area contributed by atoms with Crippen LogP contribution in [0.4, 0.5) is 5.69 Å². The smallest absolute Gasteiger partial charge is 0.267 e. The van der Waals surface area contributed by atoms with E-state index < -0.39 is 5.91 Å². The van der Waals surface area contributed by atoms with Gasteiger partial charge in [-0.25, -0.2) is 0 Å². The van der Waals surface area contributed by atoms with Gasteiger partial charge < -0.3 is 16.0 Å². The summed E-state index contributed by atoms with van der Waals surface area (Å²) < 4.78 is 0. The third-order valence-corrected chi connectivity index (χ3v) is 3.12. The molecule has 0 bridgehead atoms. The Morgan fingerprint density at radius 1 is 1.18 bits per heavy atom. The number of hydrogen-bond donors (Lipinski definition) is 2. The Hall–Kier alpha value is -2.89. The lowest BCUT2D eigenvalue weighted by molar-refractivity contribution is 0.0827. The summed E-state index contributed by atoms with van der Waals surface area (Å²) in [7, 11) is 3.44. The number of amides is 2. The van der Waals surface area contributed by atoms with Gasteiger partial charge in [-0.1, -0.05) is 12.1 Å². The van der Waals surface area contributed by atoms with Crippen molar-refractivity contribution < 1.29 is 9.59 Å². The van der Waals surface area contributed by atoms with Crippen molar-refractivity contribution >= 4 is 17.5 Å². The molecule has 0 spiro atoms. The maximum atomic E-state index is 11.8. The highest BCUT2D eigenvalue weighted by molar-refractivity contribution is 5.94. The van der Waals surface area contributed by atoms with Gasteiger partial charge in [-0.05, 0) is 29.8 Å². The van der Waals surface area contributed by atoms with Gasteiger partial charge >= 0.3 is 0 Å². The molecule has 0 unspecified atom stereocenters. The van der Waals surface area contributed by atoms with Crippen LogP contribution in [0.3, 0.4) is 0 Å². The van der Waals surface area contributed by atoms with Gasteiger partial charge in [-0.2, -0.15) is 0 Å². The molecule has 1 aromatic heterocycles. The second kappa shape index (κ2) is 6.71. The van der Waals surface area contributed by atoms with Gasteiger partial charge in [0.15, 0.2) is 0 Å². The van der Waals surface area contributed by atoms with Crippen LogP contribution in [0.15, 0.2) is 42.6 Å². The Morgan fingerprint density at radius 2 is 1.86 bits per heavy atom. The predicted molar refractivity (Wildman–Crippen MR) is 84.5 cm³/mol. The third-order valence-electron chi connectivity index (χ3n) is 3.12. The first-order chi connectivity index (χ1) is 10.5. The van der Waals surface area contributed by atoms with Crippen LogP contribution >= 0.6 is 0 Å². The summed E-state index contributed by atoms with van der Waals surface area (Å²) >= 11 is 0. The van der Waals surface area contributed by atoms with Crippen LogP contribution in [-0.4, -0.2) is 35.8 Å². The molecule has 0 aliphatic heterocycles. The summed E-state index contributed by atoms with van der Waals surface area (Å²) in [6, 6.07) is 10.7. The molecule has 22 heavy (non-hydrogen) atoms. The molecule has 0 radical (unpaired) electrons. The van der Waals surface area contributed by atoms with E-state index in [0.29, 0.717) is 12.1 Å². The van der Waals surface area contributed by atoms with E-state index in [0.717, 1.165) is 11.3 Å². The molecule has 0 aliphatic rings. The number of pyridine rings is 1. The first-order valence-electron chi connectivity index (χ1n) is 6.77. The number of primary amides is 1. The van der Waals surface area contributed by atoms with E-state index in [1.54, 1.807) is 38.4 Å². The van der Waals surface area contributed by atoms with Crippen molar-refractivity contribution in [2.24, 2.45) is 5.73 Å². The Kier molecular flexibility index (Phi) is 4.73. The summed E-state index contributed by atoms with van der Waals surface area (Å²) in [6.07, 6.45) is 1.53. The third kappa shape index (κ3) is 3.82. The molecule has 0 atom stereocenters. The van der Waals surface area contributed by atoms with Gasteiger partial charge in [-0.15, -0.1) is 0 Å². The lowest BCUT2D eigenvalue weighted by atomic mass is 10.1. The summed E-state index contributed by atoms with van der Waals surface area (Å²) in [5.41, 5.74) is 7.84. The van der Waals surface area contributed by atoms with Gasteiger partial charge in [0, 0.05) is 38.1 Å². The van der Waals surface area contributed by atoms with Gasteiger partial charge in [0.25, 0.3) is 11.8 Å². The standard InChI is InChI=1S/C16H18N4O2/c1-20(2)16(22)12-5-3-11(4-6-12)10-19-13-7-8-18-14(9-13)15(17)21/h3-9H,10H2,1-2H3,(H2,17,21)(H,18,19). The number of carbonyl (C=O) groups is 2. The van der Waals surface area contributed by atoms with Crippen molar-refractivity contribution in [2.75, 3.05) is 19.4 Å². The largest absolute Gasteiger partial charge is 0.381 e. The number of benzene rings is 1. The van der Waals surface area contributed by atoms with Gasteiger partial charge in [0.05, 0.1) is 0 Å². The molecule has 0 saturated heterocycles. The average molecular weight is 298 g/mol. The molecule has 114 valence electrons. The van der Waals surface area contributed by atoms with Gasteiger partial charge in [0.2, 0.25) is 0 Å². The van der Waals surface area contributed by atoms with Crippen LogP contribution in [0.2, 0.25) is 0 Å². The monoisotopic (exact) mass is 298 g/mol. The number of nitrogens with one attached hydrogen (secondary N) is 1. The molecule has 2 amide bonds. The number of rotatable bonds is 5. The Morgan fingerprint density at radius 3 is 2.45 bits per heavy atom. The lowest BCUT2D eigenvalue weighted by Gasteiger charge is -2.11. The molecule has 1 aromatic carbocycles. The number of carbonyl (C=O) groups excluding carboxylic acids is 2. The molecule has 6 nitrogen and oxygen atoms in total. The maximum absolute atomic E-state index is 11.8. The minimum absolute atomic E-state index is 0.0280. The van der Waals surface area contributed by atoms with E-state index in [9.17, 15) is 9.59 Å². The van der Waals surface area contributed by atoms with Crippen LogP contribution in [0.5, 0.6) is 0 Å². The molecule has 1 heterocycles. The van der Waals surface area contributed by atoms with Crippen molar-refractivity contribution in [2.45, 2.75) is 6.54 Å². The molecule has 0 aliphatic carbocycles. The molecular weight excluding hydrogens is 280 g/mol. The number of anilines is 1. The minimum atomic E-state index is -0.560. The second-order valence-electron chi connectivity index (χ2n) is 5.04. The first kappa shape index (κ1) is 15.5. The molecule has 2 aromatic rings. The van der Waals surface area contributed by atoms with Crippen LogP contribution < -0.4 is 11.1 Å². The fraction of sp³-hybridized carbons (Fsp3) is 0.188. The minimum Gasteiger partial charge on any atom is -0.381 e. The summed E-state index contributed by atoms with van der Waals surface area (Å²) in [4.78, 5) is 28.3. The topological polar surface area (TPSA) is 88.3 Å². The van der Waals surface area contributed by atoms with E-state index in [4.69, 9.17) is 5.73 Å². The summed E-state index contributed by atoms with van der Waals surface area (Å²) in [6.45, 7) is 0.568. The van der Waals surface area contributed by atoms with Crippen LogP contribution in [0, 0.1) is 0 Å². The lowest BCUT2D eigenvalue weighted by Crippen LogP contribution is -2.21. The number of nitrogens with zero attached hydrogens (tertiary/aromatic N) is 2. The van der Waals surface area contributed by atoms with Crippen molar-refractivity contribution in [1.29, 1.82) is 0 Å². The highest BCUT2D eigenvalue weighted by Crippen LogP contribution is 2.11. The normalized spacial score (nSPS) is 10.1. The van der Waals surface area contributed by atoms with E-state index in [-0.39, 0.29) is 11.6 Å². The Labute approximate surface area is 129 Å². The number of hydrogen-bond acceptors (Lipinski definition) is 4. The zero-order valence-corrected chi connectivity index (χ0v) is 12.5. The zero-order valence-electron chi connectivity index (χ0n) is 12.5. The number of nitrogens with two attached hydrogens (primary N) is 1. The van der Waals surface area contributed by atoms with Crippen LogP contribution in [0.25, 0.3) is 0 Å². The van der Waals surface area contributed by atoms with Crippen molar-refractivity contribution in [3.05, 3.63) is 59.4 Å². The first-order valence-corrected chi connectivity index (χ1v) is 6.77.